The Labute approximate surface area is 71.1 Å². The number of halogens is 3. The summed E-state index contributed by atoms with van der Waals surface area (Å²) in [5.41, 5.74) is 0. The van der Waals surface area contributed by atoms with E-state index in [4.69, 9.17) is 27.6 Å². The Morgan fingerprint density at radius 2 is 1.89 bits per heavy atom. The van der Waals surface area contributed by atoms with Crippen LogP contribution in [0.15, 0.2) is 18.7 Å². The molecule has 2 nitrogen and oxygen atoms in total. The van der Waals surface area contributed by atoms with Crippen molar-refractivity contribution in [1.82, 2.24) is 9.97 Å². The molecule has 9 heavy (non-hydrogen) atoms. The molecule has 1 aromatic rings. The van der Waals surface area contributed by atoms with E-state index in [2.05, 4.69) is 9.97 Å². The SMILES string of the molecule is [Cl][Au]([Cl])[Cl].c1c[nH]cn1. The number of aromatic nitrogens is 2. The van der Waals surface area contributed by atoms with Gasteiger partial charge in [-0.05, 0) is 0 Å². The average Bonchev–Trinajstić information content (AvgIpc) is 2.11. The quantitative estimate of drug-likeness (QED) is 0.698. The molecule has 58 valence electrons. The molecular weight excluding hydrogens is 367 g/mol. The number of H-pyrrole nitrogens is 1. The molecule has 0 amide bonds. The van der Waals surface area contributed by atoms with Crippen LogP contribution in [0.25, 0.3) is 0 Å². The Kier molecular flexibility index (Phi) is 7.57. The molecule has 1 heterocycles. The van der Waals surface area contributed by atoms with Gasteiger partial charge < -0.3 is 4.98 Å². The molecule has 0 radical (unpaired) electrons. The first-order valence-electron chi connectivity index (χ1n) is 1.77. The van der Waals surface area contributed by atoms with E-state index >= 15 is 0 Å². The molecule has 0 aliphatic heterocycles. The van der Waals surface area contributed by atoms with E-state index in [-0.39, 0.29) is 0 Å². The fraction of sp³-hybridized carbons (Fsp3) is 0. The summed E-state index contributed by atoms with van der Waals surface area (Å²) in [7, 11) is 14.9. The molecule has 6 heteroatoms. The maximum Gasteiger partial charge on any atom is 0.0919 e. The van der Waals surface area contributed by atoms with Crippen LogP contribution in [-0.2, 0) is 15.2 Å². The van der Waals surface area contributed by atoms with Crippen LogP contribution in [0.3, 0.4) is 0 Å². The fourth-order valence-electron chi connectivity index (χ4n) is 0.215. The fourth-order valence-corrected chi connectivity index (χ4v) is 0.215. The summed E-state index contributed by atoms with van der Waals surface area (Å²) in [5.74, 6) is 0. The number of nitrogens with zero attached hydrogens (tertiary/aromatic N) is 1. The van der Waals surface area contributed by atoms with E-state index in [1.807, 2.05) is 0 Å². The largest absolute Gasteiger partial charge is 0.351 e. The predicted octanol–water partition coefficient (Wildman–Crippen LogP) is 2.48. The Morgan fingerprint density at radius 1 is 1.33 bits per heavy atom. The molecule has 0 saturated heterocycles. The number of hydrogen-bond acceptors (Lipinski definition) is 1. The molecule has 1 N–H and O–H groups in total. The van der Waals surface area contributed by atoms with E-state index in [0.717, 1.165) is 0 Å². The first-order chi connectivity index (χ1) is 4.23. The van der Waals surface area contributed by atoms with Crippen LogP contribution in [0.1, 0.15) is 0 Å². The van der Waals surface area contributed by atoms with Gasteiger partial charge in [-0.3, -0.25) is 0 Å². The van der Waals surface area contributed by atoms with Gasteiger partial charge in [0.15, 0.2) is 0 Å². The number of rotatable bonds is 0. The number of imidazole rings is 1. The minimum atomic E-state index is -1.79. The smallest absolute Gasteiger partial charge is 0.0919 e. The van der Waals surface area contributed by atoms with Crippen molar-refractivity contribution in [2.24, 2.45) is 0 Å². The van der Waals surface area contributed by atoms with E-state index in [9.17, 15) is 0 Å². The van der Waals surface area contributed by atoms with Crippen molar-refractivity contribution in [2.45, 2.75) is 0 Å². The van der Waals surface area contributed by atoms with Gasteiger partial charge in [0.1, 0.15) is 0 Å². The second-order valence-electron chi connectivity index (χ2n) is 0.890. The number of aromatic amines is 1. The molecule has 0 fully saturated rings. The molecule has 0 aliphatic rings. The molecule has 0 unspecified atom stereocenters. The third-order valence-corrected chi connectivity index (χ3v) is 0.406. The predicted molar refractivity (Wildman–Crippen MR) is 36.1 cm³/mol. The van der Waals surface area contributed by atoms with Gasteiger partial charge in [0.05, 0.1) is 6.33 Å². The summed E-state index contributed by atoms with van der Waals surface area (Å²) in [4.78, 5) is 6.42. The van der Waals surface area contributed by atoms with Crippen molar-refractivity contribution in [3.8, 4) is 0 Å². The Morgan fingerprint density at radius 3 is 2.00 bits per heavy atom. The van der Waals surface area contributed by atoms with Gasteiger partial charge in [0, 0.05) is 12.4 Å². The molecule has 0 bridgehead atoms. The molecule has 1 rings (SSSR count). The van der Waals surface area contributed by atoms with Crippen molar-refractivity contribution < 1.29 is 15.2 Å². The zero-order valence-electron chi connectivity index (χ0n) is 4.11. The summed E-state index contributed by atoms with van der Waals surface area (Å²) in [5, 5.41) is 0. The summed E-state index contributed by atoms with van der Waals surface area (Å²) in [6, 6.07) is 0. The van der Waals surface area contributed by atoms with Crippen molar-refractivity contribution in [1.29, 1.82) is 0 Å². The molecule has 0 atom stereocenters. The van der Waals surface area contributed by atoms with Crippen LogP contribution in [0, 0.1) is 0 Å². The van der Waals surface area contributed by atoms with Gasteiger partial charge in [0.25, 0.3) is 0 Å². The molecule has 0 saturated carbocycles. The van der Waals surface area contributed by atoms with Crippen LogP contribution >= 0.6 is 27.6 Å². The zero-order valence-corrected chi connectivity index (χ0v) is 8.55. The third-order valence-electron chi connectivity index (χ3n) is 0.406. The van der Waals surface area contributed by atoms with Gasteiger partial charge in [-0.1, -0.05) is 0 Å². The molecule has 0 aliphatic carbocycles. The van der Waals surface area contributed by atoms with Gasteiger partial charge in [-0.15, -0.1) is 0 Å². The Hall–Kier alpha value is 0.820. The van der Waals surface area contributed by atoms with Gasteiger partial charge in [-0.25, -0.2) is 4.98 Å². The van der Waals surface area contributed by atoms with E-state index < -0.39 is 15.2 Å². The maximum absolute atomic E-state index is 4.95. The van der Waals surface area contributed by atoms with Crippen LogP contribution in [0.5, 0.6) is 0 Å². The summed E-state index contributed by atoms with van der Waals surface area (Å²) in [6.07, 6.45) is 5.08. The Balaban J connectivity index is 0.000000148. The summed E-state index contributed by atoms with van der Waals surface area (Å²) < 4.78 is 0. The second-order valence-corrected chi connectivity index (χ2v) is 10.3. The first-order valence-corrected chi connectivity index (χ1v) is 9.82. The minimum absolute atomic E-state index is 1.62. The number of nitrogens with one attached hydrogen (secondary N) is 1. The normalized spacial score (nSPS) is 9.44. The monoisotopic (exact) mass is 370 g/mol. The Bertz CT molecular complexity index is 101. The standard InChI is InChI=1S/C3H4N2.Au.3ClH/c1-2-5-3-4-1;;;;/h1-3H,(H,4,5);;3*1H/q;+3;;;/p-3. The summed E-state index contributed by atoms with van der Waals surface area (Å²) in [6.45, 7) is 0. The van der Waals surface area contributed by atoms with Crippen molar-refractivity contribution in [3.63, 3.8) is 0 Å². The average molecular weight is 371 g/mol. The molecule has 0 spiro atoms. The maximum atomic E-state index is 4.95. The zero-order chi connectivity index (χ0) is 7.11. The van der Waals surface area contributed by atoms with E-state index in [1.54, 1.807) is 18.7 Å². The van der Waals surface area contributed by atoms with Gasteiger partial charge in [0.2, 0.25) is 0 Å². The minimum Gasteiger partial charge on any atom is -0.351 e. The van der Waals surface area contributed by atoms with Gasteiger partial charge in [-0.2, -0.15) is 0 Å². The summed E-state index contributed by atoms with van der Waals surface area (Å²) >= 11 is -1.79. The first kappa shape index (κ1) is 9.82. The second kappa shape index (κ2) is 6.93. The van der Waals surface area contributed by atoms with Crippen LogP contribution < -0.4 is 0 Å². The molecule has 1 aromatic heterocycles. The van der Waals surface area contributed by atoms with Crippen LogP contribution in [0.4, 0.5) is 0 Å². The van der Waals surface area contributed by atoms with Crippen molar-refractivity contribution in [3.05, 3.63) is 18.7 Å². The molecule has 0 aromatic carbocycles. The molecular formula is C3H4AuCl3N2. The van der Waals surface area contributed by atoms with Gasteiger partial charge >= 0.3 is 42.8 Å². The topological polar surface area (TPSA) is 28.7 Å². The van der Waals surface area contributed by atoms with E-state index in [0.29, 0.717) is 0 Å². The van der Waals surface area contributed by atoms with Crippen LogP contribution in [-0.4, -0.2) is 9.97 Å². The van der Waals surface area contributed by atoms with Crippen molar-refractivity contribution in [2.75, 3.05) is 0 Å². The van der Waals surface area contributed by atoms with E-state index in [1.165, 1.54) is 0 Å². The third kappa shape index (κ3) is 12.1. The van der Waals surface area contributed by atoms with Crippen LogP contribution in [0.2, 0.25) is 0 Å². The number of hydrogen-bond donors (Lipinski definition) is 1. The van der Waals surface area contributed by atoms with Crippen molar-refractivity contribution >= 4 is 27.6 Å².